The summed E-state index contributed by atoms with van der Waals surface area (Å²) in [6.45, 7) is 0. The summed E-state index contributed by atoms with van der Waals surface area (Å²) < 4.78 is 2.50. The number of nitrogens with zero attached hydrogens (tertiary/aromatic N) is 4. The van der Waals surface area contributed by atoms with Crippen molar-refractivity contribution in [2.45, 2.75) is 0 Å². The Balaban J connectivity index is 0.948. The highest BCUT2D eigenvalue weighted by Gasteiger charge is 2.31. The van der Waals surface area contributed by atoms with E-state index in [1.807, 2.05) is 0 Å². The van der Waals surface area contributed by atoms with Gasteiger partial charge in [0.2, 0.25) is 0 Å². The van der Waals surface area contributed by atoms with Crippen LogP contribution in [0.15, 0.2) is 291 Å². The van der Waals surface area contributed by atoms with Gasteiger partial charge in [-0.05, 0) is 160 Å². The number of fused-ring (bicyclic) bond motifs is 6. The lowest BCUT2D eigenvalue weighted by molar-refractivity contribution is 1.14. The highest BCUT2D eigenvalue weighted by molar-refractivity contribution is 6.23. The van der Waals surface area contributed by atoms with Crippen LogP contribution in [-0.4, -0.2) is 4.57 Å². The van der Waals surface area contributed by atoms with Gasteiger partial charge in [0.1, 0.15) is 0 Å². The summed E-state index contributed by atoms with van der Waals surface area (Å²) in [4.78, 5) is 7.08. The minimum Gasteiger partial charge on any atom is -0.311 e. The Morgan fingerprint density at radius 3 is 1.34 bits per heavy atom. The van der Waals surface area contributed by atoms with E-state index < -0.39 is 0 Å². The molecule has 74 heavy (non-hydrogen) atoms. The van der Waals surface area contributed by atoms with Gasteiger partial charge >= 0.3 is 0 Å². The third-order valence-electron chi connectivity index (χ3n) is 14.6. The molecule has 0 N–H and O–H groups in total. The van der Waals surface area contributed by atoms with E-state index in [1.165, 1.54) is 49.3 Å². The monoisotopic (exact) mass is 944 g/mol. The van der Waals surface area contributed by atoms with Crippen LogP contribution >= 0.6 is 0 Å². The van der Waals surface area contributed by atoms with E-state index in [-0.39, 0.29) is 0 Å². The molecule has 0 atom stereocenters. The van der Waals surface area contributed by atoms with Crippen molar-refractivity contribution in [3.05, 3.63) is 291 Å². The first kappa shape index (κ1) is 42.9. The average molecular weight is 945 g/mol. The second-order valence-electron chi connectivity index (χ2n) is 18.9. The van der Waals surface area contributed by atoms with Crippen LogP contribution in [0.5, 0.6) is 0 Å². The lowest BCUT2D eigenvalue weighted by atomic mass is 9.97. The van der Waals surface area contributed by atoms with Gasteiger partial charge in [-0.3, -0.25) is 0 Å². The molecule has 0 bridgehead atoms. The van der Waals surface area contributed by atoms with E-state index in [2.05, 4.69) is 310 Å². The highest BCUT2D eigenvalue weighted by Crippen LogP contribution is 2.55. The van der Waals surface area contributed by atoms with Crippen molar-refractivity contribution in [2.24, 2.45) is 0 Å². The van der Waals surface area contributed by atoms with E-state index >= 15 is 0 Å². The Bertz CT molecular complexity index is 4070. The Labute approximate surface area is 431 Å². The Morgan fingerprint density at radius 2 is 0.730 bits per heavy atom. The molecule has 0 unspecified atom stereocenters. The summed E-state index contributed by atoms with van der Waals surface area (Å²) >= 11 is 0. The number of para-hydroxylation sites is 5. The van der Waals surface area contributed by atoms with Crippen molar-refractivity contribution in [1.29, 1.82) is 0 Å². The van der Waals surface area contributed by atoms with Gasteiger partial charge in [-0.1, -0.05) is 164 Å². The predicted octanol–water partition coefficient (Wildman–Crippen LogP) is 19.7. The van der Waals surface area contributed by atoms with Crippen LogP contribution in [0.3, 0.4) is 0 Å². The SMILES string of the molecule is c1ccc(N(c2ccccc2)c2ccc(-n3c4c(c5cc(-c6ccc(N(c7ccccc7)c7cccc8ccccc78)cc6)ccc53)-c3cc(N(c5ccccc5)c5ccccc5)cc5cccc-4c35)cc2)cc1. The summed E-state index contributed by atoms with van der Waals surface area (Å²) in [6, 6.07) is 105. The lowest BCUT2D eigenvalue weighted by Gasteiger charge is -2.27. The summed E-state index contributed by atoms with van der Waals surface area (Å²) in [5.41, 5.74) is 19.5. The maximum absolute atomic E-state index is 2.50. The molecule has 14 rings (SSSR count). The minimum absolute atomic E-state index is 1.09. The maximum Gasteiger partial charge on any atom is 0.0626 e. The van der Waals surface area contributed by atoms with Gasteiger partial charge in [0.25, 0.3) is 0 Å². The van der Waals surface area contributed by atoms with Crippen LogP contribution in [0.25, 0.3) is 71.6 Å². The zero-order valence-electron chi connectivity index (χ0n) is 40.5. The molecular formula is C70H48N4. The van der Waals surface area contributed by atoms with Crippen LogP contribution in [0.2, 0.25) is 0 Å². The molecule has 0 fully saturated rings. The van der Waals surface area contributed by atoms with E-state index in [1.54, 1.807) is 0 Å². The number of hydrogen-bond donors (Lipinski definition) is 0. The van der Waals surface area contributed by atoms with Crippen LogP contribution in [0, 0.1) is 0 Å². The molecule has 0 saturated heterocycles. The number of rotatable bonds is 11. The molecule has 1 aliphatic rings. The van der Waals surface area contributed by atoms with Gasteiger partial charge in [0.05, 0.1) is 16.9 Å². The normalized spacial score (nSPS) is 11.5. The molecule has 1 aliphatic carbocycles. The molecule has 0 radical (unpaired) electrons. The van der Waals surface area contributed by atoms with Gasteiger partial charge in [0.15, 0.2) is 0 Å². The Kier molecular flexibility index (Phi) is 10.5. The third kappa shape index (κ3) is 7.31. The zero-order chi connectivity index (χ0) is 49.0. The standard InChI is InChI=1S/C70H48N4/c1-6-23-53(24-7-1)71(54-25-8-2-9-26-54)58-41-43-60(44-42-58)74-67-45-38-51(49-36-39-59(40-37-49)73(57-31-14-5-15-32-57)66-35-19-21-50-20-16-17-33-62(50)66)47-64(67)69-65-48-61(46-52-22-18-34-63(68(52)65)70(69)74)72(55-27-10-3-11-28-55)56-29-12-4-13-30-56/h1-48H. The van der Waals surface area contributed by atoms with E-state index in [9.17, 15) is 0 Å². The number of anilines is 9. The van der Waals surface area contributed by atoms with E-state index in [4.69, 9.17) is 0 Å². The van der Waals surface area contributed by atoms with Crippen LogP contribution < -0.4 is 14.7 Å². The first-order chi connectivity index (χ1) is 36.7. The van der Waals surface area contributed by atoms with Crippen molar-refractivity contribution in [1.82, 2.24) is 4.57 Å². The van der Waals surface area contributed by atoms with Crippen LogP contribution in [0.4, 0.5) is 51.2 Å². The highest BCUT2D eigenvalue weighted by atomic mass is 15.2. The zero-order valence-corrected chi connectivity index (χ0v) is 40.5. The minimum atomic E-state index is 1.09. The molecule has 12 aromatic carbocycles. The van der Waals surface area contributed by atoms with Gasteiger partial charge in [-0.25, -0.2) is 0 Å². The van der Waals surface area contributed by atoms with Crippen molar-refractivity contribution in [3.8, 4) is 39.2 Å². The van der Waals surface area contributed by atoms with Crippen LogP contribution in [-0.2, 0) is 0 Å². The summed E-state index contributed by atoms with van der Waals surface area (Å²) in [5.74, 6) is 0. The quantitative estimate of drug-likeness (QED) is 0.128. The molecule has 4 nitrogen and oxygen atoms in total. The largest absolute Gasteiger partial charge is 0.311 e. The van der Waals surface area contributed by atoms with Gasteiger partial charge in [-0.2, -0.15) is 0 Å². The topological polar surface area (TPSA) is 14.7 Å². The molecule has 0 saturated carbocycles. The average Bonchev–Trinajstić information content (AvgIpc) is 3.98. The number of benzene rings is 12. The molecule has 1 heterocycles. The van der Waals surface area contributed by atoms with E-state index in [0.717, 1.165) is 73.5 Å². The first-order valence-corrected chi connectivity index (χ1v) is 25.3. The van der Waals surface area contributed by atoms with Gasteiger partial charge < -0.3 is 19.3 Å². The molecule has 0 amide bonds. The predicted molar refractivity (Wildman–Crippen MR) is 312 cm³/mol. The molecule has 0 spiro atoms. The molecule has 348 valence electrons. The van der Waals surface area contributed by atoms with E-state index in [0.29, 0.717) is 0 Å². The summed E-state index contributed by atoms with van der Waals surface area (Å²) in [6.07, 6.45) is 0. The second kappa shape index (κ2) is 18.1. The number of hydrogen-bond acceptors (Lipinski definition) is 3. The van der Waals surface area contributed by atoms with Crippen molar-refractivity contribution in [2.75, 3.05) is 14.7 Å². The van der Waals surface area contributed by atoms with Crippen molar-refractivity contribution >= 4 is 83.6 Å². The van der Waals surface area contributed by atoms with Crippen molar-refractivity contribution < 1.29 is 0 Å². The Hall–Kier alpha value is -9.90. The molecular weight excluding hydrogens is 897 g/mol. The smallest absolute Gasteiger partial charge is 0.0626 e. The second-order valence-corrected chi connectivity index (χ2v) is 18.9. The molecule has 13 aromatic rings. The fourth-order valence-electron chi connectivity index (χ4n) is 11.4. The Morgan fingerprint density at radius 1 is 0.270 bits per heavy atom. The van der Waals surface area contributed by atoms with Gasteiger partial charge in [-0.15, -0.1) is 0 Å². The molecule has 4 heteroatoms. The third-order valence-corrected chi connectivity index (χ3v) is 14.6. The van der Waals surface area contributed by atoms with Gasteiger partial charge in [0, 0.05) is 73.1 Å². The van der Waals surface area contributed by atoms with Crippen LogP contribution in [0.1, 0.15) is 0 Å². The van der Waals surface area contributed by atoms with Crippen molar-refractivity contribution in [3.63, 3.8) is 0 Å². The fourth-order valence-corrected chi connectivity index (χ4v) is 11.4. The summed E-state index contributed by atoms with van der Waals surface area (Å²) in [5, 5.41) is 6.12. The first-order valence-electron chi connectivity index (χ1n) is 25.3. The number of aromatic nitrogens is 1. The fraction of sp³-hybridized carbons (Fsp3) is 0. The summed E-state index contributed by atoms with van der Waals surface area (Å²) in [7, 11) is 0. The lowest BCUT2D eigenvalue weighted by Crippen LogP contribution is -2.10. The molecule has 0 aliphatic heterocycles. The maximum atomic E-state index is 2.50. The molecule has 1 aromatic heterocycles.